The molecule has 0 bridgehead atoms. The van der Waals surface area contributed by atoms with Gasteiger partial charge >= 0.3 is 0 Å². The lowest BCUT2D eigenvalue weighted by Gasteiger charge is -2.09. The summed E-state index contributed by atoms with van der Waals surface area (Å²) in [5.41, 5.74) is 2.04. The van der Waals surface area contributed by atoms with Gasteiger partial charge < -0.3 is 14.8 Å². The van der Waals surface area contributed by atoms with E-state index in [9.17, 15) is 10.1 Å². The summed E-state index contributed by atoms with van der Waals surface area (Å²) in [6, 6.07) is 21.2. The summed E-state index contributed by atoms with van der Waals surface area (Å²) in [5, 5.41) is 13.2. The number of halogens is 2. The molecule has 0 aromatic heterocycles. The van der Waals surface area contributed by atoms with Crippen LogP contribution in [0.25, 0.3) is 6.08 Å². The molecule has 0 spiro atoms. The Morgan fingerprint density at radius 3 is 2.50 bits per heavy atom. The normalized spacial score (nSPS) is 10.9. The third kappa shape index (κ3) is 6.52. The van der Waals surface area contributed by atoms with Crippen molar-refractivity contribution in [2.24, 2.45) is 0 Å². The molecule has 1 amide bonds. The first-order valence-corrected chi connectivity index (χ1v) is 10.6. The van der Waals surface area contributed by atoms with Gasteiger partial charge in [-0.3, -0.25) is 4.79 Å². The molecule has 3 rings (SSSR count). The number of nitriles is 1. The van der Waals surface area contributed by atoms with Crippen molar-refractivity contribution in [3.8, 4) is 17.6 Å². The molecular formula is C25H20Cl2N2O3. The molecule has 0 saturated heterocycles. The number of rotatable bonds is 8. The molecule has 0 radical (unpaired) electrons. The number of nitrogens with one attached hydrogen (secondary N) is 1. The third-order valence-electron chi connectivity index (χ3n) is 4.37. The molecule has 0 unspecified atom stereocenters. The van der Waals surface area contributed by atoms with Crippen LogP contribution in [-0.4, -0.2) is 12.5 Å². The van der Waals surface area contributed by atoms with Crippen molar-refractivity contribution in [2.45, 2.75) is 13.5 Å². The van der Waals surface area contributed by atoms with E-state index in [0.29, 0.717) is 39.4 Å². The highest BCUT2D eigenvalue weighted by Gasteiger charge is 2.10. The van der Waals surface area contributed by atoms with E-state index in [0.717, 1.165) is 5.56 Å². The second-order valence-corrected chi connectivity index (χ2v) is 7.52. The van der Waals surface area contributed by atoms with Crippen LogP contribution in [0, 0.1) is 11.3 Å². The lowest BCUT2D eigenvalue weighted by Crippen LogP contribution is -2.13. The molecule has 0 heterocycles. The number of ether oxygens (including phenoxy) is 2. The summed E-state index contributed by atoms with van der Waals surface area (Å²) >= 11 is 12.1. The van der Waals surface area contributed by atoms with E-state index in [-0.39, 0.29) is 12.2 Å². The maximum absolute atomic E-state index is 12.5. The topological polar surface area (TPSA) is 71.3 Å². The highest BCUT2D eigenvalue weighted by molar-refractivity contribution is 6.35. The zero-order chi connectivity index (χ0) is 22.9. The van der Waals surface area contributed by atoms with Crippen molar-refractivity contribution in [1.82, 2.24) is 0 Å². The Morgan fingerprint density at radius 1 is 1.03 bits per heavy atom. The standard InChI is InChI=1S/C25H20Cl2N2O3/c1-2-31-23-5-3-4-21(14-23)29-25(30)19(15-28)12-17-6-10-22(11-7-17)32-16-18-8-9-20(26)13-24(18)27/h3-14H,2,16H2,1H3,(H,29,30)/b19-12+. The highest BCUT2D eigenvalue weighted by Crippen LogP contribution is 2.23. The van der Waals surface area contributed by atoms with Gasteiger partial charge in [-0.25, -0.2) is 0 Å². The van der Waals surface area contributed by atoms with Crippen LogP contribution in [0.5, 0.6) is 11.5 Å². The number of carbonyl (C=O) groups is 1. The number of benzene rings is 3. The Bertz CT molecular complexity index is 1170. The van der Waals surface area contributed by atoms with Gasteiger partial charge in [0.2, 0.25) is 0 Å². The molecule has 3 aromatic rings. The smallest absolute Gasteiger partial charge is 0.266 e. The van der Waals surface area contributed by atoms with E-state index in [4.69, 9.17) is 32.7 Å². The van der Waals surface area contributed by atoms with E-state index >= 15 is 0 Å². The second-order valence-electron chi connectivity index (χ2n) is 6.68. The van der Waals surface area contributed by atoms with Crippen LogP contribution < -0.4 is 14.8 Å². The molecule has 1 N–H and O–H groups in total. The maximum atomic E-state index is 12.5. The molecule has 3 aromatic carbocycles. The van der Waals surface area contributed by atoms with Crippen LogP contribution in [0.2, 0.25) is 10.0 Å². The van der Waals surface area contributed by atoms with Crippen LogP contribution >= 0.6 is 23.2 Å². The van der Waals surface area contributed by atoms with E-state index in [1.54, 1.807) is 60.7 Å². The Kier molecular flexibility index (Phi) is 8.15. The average Bonchev–Trinajstić information content (AvgIpc) is 2.78. The lowest BCUT2D eigenvalue weighted by molar-refractivity contribution is -0.112. The van der Waals surface area contributed by atoms with Crippen LogP contribution in [0.4, 0.5) is 5.69 Å². The summed E-state index contributed by atoms with van der Waals surface area (Å²) in [4.78, 5) is 12.5. The SMILES string of the molecule is CCOc1cccc(NC(=O)/C(C#N)=C/c2ccc(OCc3ccc(Cl)cc3Cl)cc2)c1. The minimum absolute atomic E-state index is 0.0200. The predicted molar refractivity (Wildman–Crippen MR) is 127 cm³/mol. The Labute approximate surface area is 196 Å². The highest BCUT2D eigenvalue weighted by atomic mass is 35.5. The first-order chi connectivity index (χ1) is 15.5. The van der Waals surface area contributed by atoms with Crippen LogP contribution in [-0.2, 0) is 11.4 Å². The van der Waals surface area contributed by atoms with Gasteiger partial charge in [-0.15, -0.1) is 0 Å². The van der Waals surface area contributed by atoms with Crippen LogP contribution in [0.15, 0.2) is 72.3 Å². The van der Waals surface area contributed by atoms with E-state index in [1.165, 1.54) is 6.08 Å². The molecule has 0 aliphatic heterocycles. The second kappa shape index (κ2) is 11.2. The molecule has 32 heavy (non-hydrogen) atoms. The predicted octanol–water partition coefficient (Wildman–Crippen LogP) is 6.52. The third-order valence-corrected chi connectivity index (χ3v) is 4.96. The molecule has 162 valence electrons. The maximum Gasteiger partial charge on any atom is 0.266 e. The fourth-order valence-corrected chi connectivity index (χ4v) is 3.27. The Balaban J connectivity index is 1.64. The molecule has 5 nitrogen and oxygen atoms in total. The van der Waals surface area contributed by atoms with Crippen molar-refractivity contribution in [2.75, 3.05) is 11.9 Å². The van der Waals surface area contributed by atoms with Crippen molar-refractivity contribution >= 4 is 40.9 Å². The van der Waals surface area contributed by atoms with Crippen LogP contribution in [0.3, 0.4) is 0 Å². The number of amides is 1. The van der Waals surface area contributed by atoms with Crippen molar-refractivity contribution in [3.63, 3.8) is 0 Å². The van der Waals surface area contributed by atoms with E-state index in [1.807, 2.05) is 19.1 Å². The Hall–Kier alpha value is -3.46. The zero-order valence-electron chi connectivity index (χ0n) is 17.3. The number of hydrogen-bond acceptors (Lipinski definition) is 4. The summed E-state index contributed by atoms with van der Waals surface area (Å²) < 4.78 is 11.2. The van der Waals surface area contributed by atoms with Gasteiger partial charge in [0.1, 0.15) is 29.7 Å². The molecule has 0 aliphatic rings. The van der Waals surface area contributed by atoms with Gasteiger partial charge in [0.15, 0.2) is 0 Å². The summed E-state index contributed by atoms with van der Waals surface area (Å²) in [7, 11) is 0. The average molecular weight is 467 g/mol. The summed E-state index contributed by atoms with van der Waals surface area (Å²) in [6.45, 7) is 2.69. The van der Waals surface area contributed by atoms with Gasteiger partial charge in [0, 0.05) is 27.4 Å². The lowest BCUT2D eigenvalue weighted by atomic mass is 10.1. The summed E-state index contributed by atoms with van der Waals surface area (Å²) in [6.07, 6.45) is 1.52. The molecule has 0 atom stereocenters. The minimum Gasteiger partial charge on any atom is -0.494 e. The summed E-state index contributed by atoms with van der Waals surface area (Å²) in [5.74, 6) is 0.769. The number of carbonyl (C=O) groups excluding carboxylic acids is 1. The zero-order valence-corrected chi connectivity index (χ0v) is 18.8. The molecule has 7 heteroatoms. The van der Waals surface area contributed by atoms with Gasteiger partial charge in [-0.05, 0) is 55.0 Å². The molecular weight excluding hydrogens is 447 g/mol. The van der Waals surface area contributed by atoms with E-state index in [2.05, 4.69) is 5.32 Å². The van der Waals surface area contributed by atoms with Gasteiger partial charge in [-0.2, -0.15) is 5.26 Å². The molecule has 0 fully saturated rings. The van der Waals surface area contributed by atoms with Crippen molar-refractivity contribution in [3.05, 3.63) is 93.5 Å². The number of nitrogens with zero attached hydrogens (tertiary/aromatic N) is 1. The van der Waals surface area contributed by atoms with E-state index < -0.39 is 5.91 Å². The number of anilines is 1. The molecule has 0 aliphatic carbocycles. The first kappa shape index (κ1) is 23.2. The first-order valence-electron chi connectivity index (χ1n) is 9.81. The van der Waals surface area contributed by atoms with Crippen LogP contribution in [0.1, 0.15) is 18.1 Å². The van der Waals surface area contributed by atoms with Crippen molar-refractivity contribution < 1.29 is 14.3 Å². The van der Waals surface area contributed by atoms with Gasteiger partial charge in [-0.1, -0.05) is 47.5 Å². The quantitative estimate of drug-likeness (QED) is 0.303. The van der Waals surface area contributed by atoms with Gasteiger partial charge in [0.05, 0.1) is 6.61 Å². The monoisotopic (exact) mass is 466 g/mol. The van der Waals surface area contributed by atoms with Gasteiger partial charge in [0.25, 0.3) is 5.91 Å². The largest absolute Gasteiger partial charge is 0.494 e. The Morgan fingerprint density at radius 2 is 1.81 bits per heavy atom. The van der Waals surface area contributed by atoms with Crippen molar-refractivity contribution in [1.29, 1.82) is 5.26 Å². The fourth-order valence-electron chi connectivity index (χ4n) is 2.80. The minimum atomic E-state index is -0.501. The number of hydrogen-bond donors (Lipinski definition) is 1. The molecule has 0 saturated carbocycles. The fraction of sp³-hybridized carbons (Fsp3) is 0.120.